The zero-order valence-electron chi connectivity index (χ0n) is 16.2. The Kier molecular flexibility index (Phi) is 6.24. The Morgan fingerprint density at radius 2 is 1.36 bits per heavy atom. The molecule has 0 bridgehead atoms. The van der Waals surface area contributed by atoms with Gasteiger partial charge in [-0.15, -0.1) is 0 Å². The number of likely N-dealkylation sites (N-methyl/N-ethyl adjacent to an activating group) is 1. The maximum Gasteiger partial charge on any atom is 0.235 e. The molecule has 28 heavy (non-hydrogen) atoms. The fourth-order valence-electron chi connectivity index (χ4n) is 3.57. The minimum absolute atomic E-state index is 0.0803. The average Bonchev–Trinajstić information content (AvgIpc) is 2.76. The first-order valence-electron chi connectivity index (χ1n) is 9.56. The fourth-order valence-corrected chi connectivity index (χ4v) is 3.57. The van der Waals surface area contributed by atoms with E-state index >= 15 is 0 Å². The highest BCUT2D eigenvalue weighted by Gasteiger charge is 2.29. The summed E-state index contributed by atoms with van der Waals surface area (Å²) >= 11 is 0. The van der Waals surface area contributed by atoms with Crippen molar-refractivity contribution in [1.29, 1.82) is 5.26 Å². The zero-order valence-corrected chi connectivity index (χ0v) is 16.2. The van der Waals surface area contributed by atoms with Crippen LogP contribution in [0.4, 0.5) is 0 Å². The Bertz CT molecular complexity index is 904. The van der Waals surface area contributed by atoms with E-state index in [2.05, 4.69) is 6.07 Å². The number of nitrogens with zero attached hydrogens (tertiary/aromatic N) is 2. The Labute approximate surface area is 166 Å². The SMILES string of the molecule is CCN(C(=O)C(c1ccccc1)c1ccccc1)C(C)c1ccc(C#N)cc1. The number of carbonyl (C=O) groups excluding carboxylic acids is 1. The first kappa shape index (κ1) is 19.4. The second-order valence-corrected chi connectivity index (χ2v) is 6.79. The van der Waals surface area contributed by atoms with E-state index in [4.69, 9.17) is 5.26 Å². The Hall–Kier alpha value is -3.38. The smallest absolute Gasteiger partial charge is 0.235 e. The topological polar surface area (TPSA) is 44.1 Å². The number of nitriles is 1. The van der Waals surface area contributed by atoms with Gasteiger partial charge in [0.15, 0.2) is 0 Å². The number of rotatable bonds is 6. The van der Waals surface area contributed by atoms with Crippen LogP contribution in [0, 0.1) is 11.3 Å². The molecular formula is C25H24N2O. The highest BCUT2D eigenvalue weighted by Crippen LogP contribution is 2.30. The Balaban J connectivity index is 1.96. The molecule has 0 aliphatic heterocycles. The molecule has 3 rings (SSSR count). The van der Waals surface area contributed by atoms with Crippen molar-refractivity contribution in [3.63, 3.8) is 0 Å². The molecule has 0 aliphatic rings. The molecule has 0 fully saturated rings. The van der Waals surface area contributed by atoms with Crippen molar-refractivity contribution >= 4 is 5.91 Å². The molecule has 1 atom stereocenters. The molecule has 3 heteroatoms. The standard InChI is InChI=1S/C25H24N2O/c1-3-27(19(2)21-16-14-20(18-26)15-17-21)25(28)24(22-10-6-4-7-11-22)23-12-8-5-9-13-23/h4-17,19,24H,3H2,1-2H3. The number of benzene rings is 3. The third-order valence-electron chi connectivity index (χ3n) is 5.13. The summed E-state index contributed by atoms with van der Waals surface area (Å²) in [6.45, 7) is 4.65. The van der Waals surface area contributed by atoms with Crippen LogP contribution in [0.1, 0.15) is 48.1 Å². The number of hydrogen-bond acceptors (Lipinski definition) is 2. The van der Waals surface area contributed by atoms with Crippen molar-refractivity contribution in [3.8, 4) is 6.07 Å². The quantitative estimate of drug-likeness (QED) is 0.592. The van der Waals surface area contributed by atoms with Crippen LogP contribution in [0.3, 0.4) is 0 Å². The van der Waals surface area contributed by atoms with E-state index in [9.17, 15) is 4.79 Å². The summed E-state index contributed by atoms with van der Waals surface area (Å²) in [6, 6.07) is 29.4. The van der Waals surface area contributed by atoms with Crippen molar-refractivity contribution in [2.45, 2.75) is 25.8 Å². The summed E-state index contributed by atoms with van der Waals surface area (Å²) in [5.41, 5.74) is 3.62. The van der Waals surface area contributed by atoms with Crippen LogP contribution >= 0.6 is 0 Å². The molecule has 0 saturated carbocycles. The van der Waals surface area contributed by atoms with Crippen LogP contribution in [0.15, 0.2) is 84.9 Å². The maximum atomic E-state index is 13.7. The van der Waals surface area contributed by atoms with Crippen LogP contribution < -0.4 is 0 Å². The van der Waals surface area contributed by atoms with E-state index in [-0.39, 0.29) is 17.9 Å². The lowest BCUT2D eigenvalue weighted by Gasteiger charge is -2.32. The minimum Gasteiger partial charge on any atom is -0.335 e. The van der Waals surface area contributed by atoms with E-state index in [1.807, 2.05) is 91.5 Å². The van der Waals surface area contributed by atoms with Crippen molar-refractivity contribution in [2.24, 2.45) is 0 Å². The first-order chi connectivity index (χ1) is 13.7. The molecule has 1 unspecified atom stereocenters. The third kappa shape index (κ3) is 4.13. The molecule has 140 valence electrons. The monoisotopic (exact) mass is 368 g/mol. The van der Waals surface area contributed by atoms with Gasteiger partial charge in [0.2, 0.25) is 5.91 Å². The highest BCUT2D eigenvalue weighted by atomic mass is 16.2. The largest absolute Gasteiger partial charge is 0.335 e. The lowest BCUT2D eigenvalue weighted by atomic mass is 9.89. The van der Waals surface area contributed by atoms with E-state index in [1.54, 1.807) is 12.1 Å². The van der Waals surface area contributed by atoms with E-state index in [1.165, 1.54) is 0 Å². The first-order valence-corrected chi connectivity index (χ1v) is 9.56. The molecule has 0 saturated heterocycles. The summed E-state index contributed by atoms with van der Waals surface area (Å²) in [6.07, 6.45) is 0. The van der Waals surface area contributed by atoms with Gasteiger partial charge in [-0.25, -0.2) is 0 Å². The van der Waals surface area contributed by atoms with Gasteiger partial charge in [0.25, 0.3) is 0 Å². The average molecular weight is 368 g/mol. The van der Waals surface area contributed by atoms with Gasteiger partial charge in [0.1, 0.15) is 0 Å². The predicted molar refractivity (Wildman–Crippen MR) is 112 cm³/mol. The molecule has 0 aromatic heterocycles. The highest BCUT2D eigenvalue weighted by molar-refractivity contribution is 5.87. The summed E-state index contributed by atoms with van der Waals surface area (Å²) in [7, 11) is 0. The van der Waals surface area contributed by atoms with Gasteiger partial charge in [-0.3, -0.25) is 4.79 Å². The van der Waals surface area contributed by atoms with Crippen molar-refractivity contribution in [3.05, 3.63) is 107 Å². The lowest BCUT2D eigenvalue weighted by molar-refractivity contribution is -0.133. The van der Waals surface area contributed by atoms with Crippen molar-refractivity contribution in [1.82, 2.24) is 4.90 Å². The molecule has 0 radical (unpaired) electrons. The number of hydrogen-bond donors (Lipinski definition) is 0. The van der Waals surface area contributed by atoms with Crippen molar-refractivity contribution < 1.29 is 4.79 Å². The van der Waals surface area contributed by atoms with Gasteiger partial charge in [0, 0.05) is 6.54 Å². The molecule has 3 aromatic carbocycles. The van der Waals surface area contributed by atoms with Gasteiger partial charge in [-0.2, -0.15) is 5.26 Å². The maximum absolute atomic E-state index is 13.7. The molecule has 0 N–H and O–H groups in total. The molecule has 0 aliphatic carbocycles. The van der Waals surface area contributed by atoms with E-state index < -0.39 is 0 Å². The molecule has 0 heterocycles. The molecule has 0 spiro atoms. The van der Waals surface area contributed by atoms with Crippen LogP contribution in [-0.2, 0) is 4.79 Å². The van der Waals surface area contributed by atoms with Gasteiger partial charge < -0.3 is 4.90 Å². The normalized spacial score (nSPS) is 11.6. The van der Waals surface area contributed by atoms with E-state index in [0.717, 1.165) is 16.7 Å². The molecule has 3 aromatic rings. The number of amides is 1. The second kappa shape index (κ2) is 9.01. The molecule has 1 amide bonds. The summed E-state index contributed by atoms with van der Waals surface area (Å²) in [4.78, 5) is 15.6. The van der Waals surface area contributed by atoms with Gasteiger partial charge in [0.05, 0.1) is 23.6 Å². The van der Waals surface area contributed by atoms with Crippen LogP contribution in [0.25, 0.3) is 0 Å². The van der Waals surface area contributed by atoms with Crippen LogP contribution in [-0.4, -0.2) is 17.4 Å². The zero-order chi connectivity index (χ0) is 19.9. The lowest BCUT2D eigenvalue weighted by Crippen LogP contribution is -2.37. The Morgan fingerprint density at radius 3 is 1.79 bits per heavy atom. The third-order valence-corrected chi connectivity index (χ3v) is 5.13. The van der Waals surface area contributed by atoms with Gasteiger partial charge in [-0.1, -0.05) is 72.8 Å². The van der Waals surface area contributed by atoms with Crippen molar-refractivity contribution in [2.75, 3.05) is 6.54 Å². The van der Waals surface area contributed by atoms with Crippen LogP contribution in [0.5, 0.6) is 0 Å². The number of carbonyl (C=O) groups is 1. The van der Waals surface area contributed by atoms with E-state index in [0.29, 0.717) is 12.1 Å². The minimum atomic E-state index is -0.344. The summed E-state index contributed by atoms with van der Waals surface area (Å²) in [5.74, 6) is -0.264. The molecule has 3 nitrogen and oxygen atoms in total. The summed E-state index contributed by atoms with van der Waals surface area (Å²) in [5, 5.41) is 9.02. The van der Waals surface area contributed by atoms with Crippen LogP contribution in [0.2, 0.25) is 0 Å². The second-order valence-electron chi connectivity index (χ2n) is 6.79. The van der Waals surface area contributed by atoms with Gasteiger partial charge in [-0.05, 0) is 42.7 Å². The fraction of sp³-hybridized carbons (Fsp3) is 0.200. The molecular weight excluding hydrogens is 344 g/mol. The Morgan fingerprint density at radius 1 is 0.857 bits per heavy atom. The van der Waals surface area contributed by atoms with Gasteiger partial charge >= 0.3 is 0 Å². The predicted octanol–water partition coefficient (Wildman–Crippen LogP) is 5.30. The summed E-state index contributed by atoms with van der Waals surface area (Å²) < 4.78 is 0.